The zero-order valence-corrected chi connectivity index (χ0v) is 13.9. The van der Waals surface area contributed by atoms with Crippen molar-refractivity contribution in [2.45, 2.75) is 29.4 Å². The first-order chi connectivity index (χ1) is 10.9. The van der Waals surface area contributed by atoms with E-state index in [0.717, 1.165) is 25.0 Å². The number of hydrogen-bond donors (Lipinski definition) is 1. The molecule has 1 N–H and O–H groups in total. The molecule has 0 saturated carbocycles. The van der Waals surface area contributed by atoms with Crippen LogP contribution in [-0.4, -0.2) is 49.2 Å². The Kier molecular flexibility index (Phi) is 3.52. The minimum Gasteiger partial charge on any atom is -0.396 e. The van der Waals surface area contributed by atoms with Gasteiger partial charge in [-0.25, -0.2) is 12.8 Å². The number of benzene rings is 1. The zero-order chi connectivity index (χ0) is 16.4. The molecule has 4 rings (SSSR count). The molecule has 23 heavy (non-hydrogen) atoms. The maximum atomic E-state index is 13.3. The van der Waals surface area contributed by atoms with Gasteiger partial charge in [-0.15, -0.1) is 0 Å². The van der Waals surface area contributed by atoms with Crippen LogP contribution in [-0.2, 0) is 14.8 Å². The van der Waals surface area contributed by atoms with Crippen LogP contribution >= 0.6 is 11.6 Å². The summed E-state index contributed by atoms with van der Waals surface area (Å²) in [6.45, 7) is 0.606. The molecule has 3 saturated heterocycles. The zero-order valence-electron chi connectivity index (χ0n) is 12.3. The van der Waals surface area contributed by atoms with Gasteiger partial charge in [-0.05, 0) is 31.0 Å². The van der Waals surface area contributed by atoms with Crippen LogP contribution in [0.5, 0.6) is 0 Å². The lowest BCUT2D eigenvalue weighted by atomic mass is 9.74. The van der Waals surface area contributed by atoms with Gasteiger partial charge in [0.25, 0.3) is 0 Å². The topological polar surface area (TPSA) is 66.8 Å². The minimum absolute atomic E-state index is 0.00729. The van der Waals surface area contributed by atoms with E-state index in [1.54, 1.807) is 0 Å². The molecule has 0 unspecified atom stereocenters. The van der Waals surface area contributed by atoms with Crippen molar-refractivity contribution in [2.24, 2.45) is 11.8 Å². The molecule has 4 atom stereocenters. The second-order valence-corrected chi connectivity index (χ2v) is 8.93. The van der Waals surface area contributed by atoms with E-state index in [1.807, 2.05) is 0 Å². The first-order valence-corrected chi connectivity index (χ1v) is 9.43. The van der Waals surface area contributed by atoms with Gasteiger partial charge < -0.3 is 9.84 Å². The van der Waals surface area contributed by atoms with Gasteiger partial charge in [0, 0.05) is 31.5 Å². The fourth-order valence-corrected chi connectivity index (χ4v) is 6.16. The van der Waals surface area contributed by atoms with E-state index in [1.165, 1.54) is 10.4 Å². The van der Waals surface area contributed by atoms with E-state index < -0.39 is 21.4 Å². The molecular formula is C15H17ClFNO4S. The van der Waals surface area contributed by atoms with Crippen LogP contribution in [0.1, 0.15) is 12.8 Å². The Balaban J connectivity index is 1.66. The fourth-order valence-electron chi connectivity index (χ4n) is 4.36. The van der Waals surface area contributed by atoms with Crippen LogP contribution < -0.4 is 0 Å². The van der Waals surface area contributed by atoms with Gasteiger partial charge >= 0.3 is 0 Å². The lowest BCUT2D eigenvalue weighted by Gasteiger charge is -2.27. The molecule has 0 radical (unpaired) electrons. The molecule has 8 heteroatoms. The molecule has 0 amide bonds. The molecule has 1 spiro atoms. The SMILES string of the molecule is O=S(=O)(c1ccc(F)c(Cl)c1)N1C[C@@H]2[C@H](CO)[C@H]3CC[C@]2(C1)O3. The highest BCUT2D eigenvalue weighted by molar-refractivity contribution is 7.89. The molecule has 3 aliphatic rings. The van der Waals surface area contributed by atoms with Crippen LogP contribution in [0, 0.1) is 17.7 Å². The van der Waals surface area contributed by atoms with Gasteiger partial charge in [0.1, 0.15) is 5.82 Å². The molecule has 0 aromatic heterocycles. The molecule has 2 bridgehead atoms. The van der Waals surface area contributed by atoms with Gasteiger partial charge in [-0.1, -0.05) is 11.6 Å². The summed E-state index contributed by atoms with van der Waals surface area (Å²) in [4.78, 5) is -0.0182. The predicted molar refractivity (Wildman–Crippen MR) is 81.1 cm³/mol. The lowest BCUT2D eigenvalue weighted by molar-refractivity contribution is 0.00644. The third-order valence-corrected chi connectivity index (χ3v) is 7.59. The Morgan fingerprint density at radius 2 is 2.26 bits per heavy atom. The van der Waals surface area contributed by atoms with Gasteiger partial charge in [0.15, 0.2) is 0 Å². The van der Waals surface area contributed by atoms with Crippen LogP contribution in [0.3, 0.4) is 0 Å². The van der Waals surface area contributed by atoms with Crippen LogP contribution in [0.25, 0.3) is 0 Å². The molecule has 3 aliphatic heterocycles. The summed E-state index contributed by atoms with van der Waals surface area (Å²) >= 11 is 5.71. The van der Waals surface area contributed by atoms with Crippen molar-refractivity contribution in [1.29, 1.82) is 0 Å². The maximum absolute atomic E-state index is 13.3. The molecule has 3 heterocycles. The molecular weight excluding hydrogens is 345 g/mol. The van der Waals surface area contributed by atoms with Gasteiger partial charge in [0.2, 0.25) is 10.0 Å². The van der Waals surface area contributed by atoms with E-state index in [0.29, 0.717) is 6.54 Å². The first kappa shape index (κ1) is 15.8. The molecule has 5 nitrogen and oxygen atoms in total. The van der Waals surface area contributed by atoms with Crippen molar-refractivity contribution in [1.82, 2.24) is 4.31 Å². The van der Waals surface area contributed by atoms with Crippen molar-refractivity contribution in [3.8, 4) is 0 Å². The number of rotatable bonds is 3. The van der Waals surface area contributed by atoms with Gasteiger partial charge in [0.05, 0.1) is 21.6 Å². The predicted octanol–water partition coefficient (Wildman–Crippen LogP) is 1.64. The quantitative estimate of drug-likeness (QED) is 0.888. The first-order valence-electron chi connectivity index (χ1n) is 7.61. The Morgan fingerprint density at radius 3 is 2.96 bits per heavy atom. The number of aliphatic hydroxyl groups is 1. The second-order valence-electron chi connectivity index (χ2n) is 6.59. The minimum atomic E-state index is -3.76. The number of hydrogen-bond acceptors (Lipinski definition) is 4. The Hall–Kier alpha value is -0.730. The second kappa shape index (κ2) is 5.13. The maximum Gasteiger partial charge on any atom is 0.243 e. The van der Waals surface area contributed by atoms with E-state index in [-0.39, 0.29) is 41.0 Å². The number of ether oxygens (including phenoxy) is 1. The van der Waals surface area contributed by atoms with Crippen LogP contribution in [0.15, 0.2) is 23.1 Å². The summed E-state index contributed by atoms with van der Waals surface area (Å²) in [5.74, 6) is -0.650. The average molecular weight is 362 g/mol. The van der Waals surface area contributed by atoms with Crippen molar-refractivity contribution in [3.05, 3.63) is 29.0 Å². The van der Waals surface area contributed by atoms with Gasteiger partial charge in [-0.3, -0.25) is 0 Å². The number of nitrogens with zero attached hydrogens (tertiary/aromatic N) is 1. The largest absolute Gasteiger partial charge is 0.396 e. The van der Waals surface area contributed by atoms with Crippen molar-refractivity contribution >= 4 is 21.6 Å². The van der Waals surface area contributed by atoms with Crippen molar-refractivity contribution in [3.63, 3.8) is 0 Å². The molecule has 126 valence electrons. The van der Waals surface area contributed by atoms with E-state index in [4.69, 9.17) is 16.3 Å². The van der Waals surface area contributed by atoms with Crippen molar-refractivity contribution in [2.75, 3.05) is 19.7 Å². The summed E-state index contributed by atoms with van der Waals surface area (Å²) in [5.41, 5.74) is -0.477. The highest BCUT2D eigenvalue weighted by atomic mass is 35.5. The Morgan fingerprint density at radius 1 is 1.48 bits per heavy atom. The van der Waals surface area contributed by atoms with Crippen LogP contribution in [0.4, 0.5) is 4.39 Å². The fraction of sp³-hybridized carbons (Fsp3) is 0.600. The van der Waals surface area contributed by atoms with Crippen LogP contribution in [0.2, 0.25) is 5.02 Å². The Bertz CT molecular complexity index is 758. The Labute approximate surface area is 139 Å². The number of sulfonamides is 1. The summed E-state index contributed by atoms with van der Waals surface area (Å²) in [6, 6.07) is 3.42. The monoisotopic (exact) mass is 361 g/mol. The molecule has 1 aromatic rings. The van der Waals surface area contributed by atoms with E-state index >= 15 is 0 Å². The number of fused-ring (bicyclic) bond motifs is 1. The highest BCUT2D eigenvalue weighted by Gasteiger charge is 2.64. The lowest BCUT2D eigenvalue weighted by Crippen LogP contribution is -2.38. The summed E-state index contributed by atoms with van der Waals surface area (Å²) in [5, 5.41) is 9.38. The standard InChI is InChI=1S/C15H17ClFNO4S/c16-12-5-9(1-2-13(12)17)23(20,21)18-6-11-10(7-19)14-3-4-15(11,8-18)22-14/h1-2,5,10-11,14,19H,3-4,6-8H2/t10-,11+,14+,15+/m0/s1. The number of aliphatic hydroxyl groups excluding tert-OH is 1. The molecule has 3 fully saturated rings. The summed E-state index contributed by atoms with van der Waals surface area (Å²) < 4.78 is 46.3. The highest BCUT2D eigenvalue weighted by Crippen LogP contribution is 2.55. The third kappa shape index (κ3) is 2.17. The smallest absolute Gasteiger partial charge is 0.243 e. The number of halogens is 2. The molecule has 1 aromatic carbocycles. The van der Waals surface area contributed by atoms with Gasteiger partial charge in [-0.2, -0.15) is 4.31 Å². The van der Waals surface area contributed by atoms with E-state index in [2.05, 4.69) is 0 Å². The summed E-state index contributed by atoms with van der Waals surface area (Å²) in [6.07, 6.45) is 1.71. The van der Waals surface area contributed by atoms with Crippen molar-refractivity contribution < 1.29 is 22.7 Å². The third-order valence-electron chi connectivity index (χ3n) is 5.49. The molecule has 0 aliphatic carbocycles. The summed E-state index contributed by atoms with van der Waals surface area (Å²) in [7, 11) is -3.76. The van der Waals surface area contributed by atoms with E-state index in [9.17, 15) is 17.9 Å². The average Bonchev–Trinajstić information content (AvgIpc) is 3.17. The normalized spacial score (nSPS) is 36.6.